The number of hydrogen-bond donors (Lipinski definition) is 0. The number of nitrogens with zero attached hydrogens (tertiary/aromatic N) is 1. The van der Waals surface area contributed by atoms with Gasteiger partial charge in [-0.15, -0.1) is 0 Å². The van der Waals surface area contributed by atoms with Crippen LogP contribution in [-0.2, 0) is 28.9 Å². The number of ether oxygens (including phenoxy) is 2. The van der Waals surface area contributed by atoms with Crippen LogP contribution in [0.4, 0.5) is 0 Å². The van der Waals surface area contributed by atoms with Crippen LogP contribution in [0, 0.1) is 0 Å². The molecule has 0 saturated carbocycles. The number of aromatic nitrogens is 1. The molecule has 0 aliphatic rings. The molecule has 1 unspecified atom stereocenters. The van der Waals surface area contributed by atoms with Gasteiger partial charge in [0.2, 0.25) is 0 Å². The Kier molecular flexibility index (Phi) is 6.48. The summed E-state index contributed by atoms with van der Waals surface area (Å²) in [5.74, 6) is -3.01. The van der Waals surface area contributed by atoms with Crippen molar-refractivity contribution < 1.29 is 27.5 Å². The van der Waals surface area contributed by atoms with Gasteiger partial charge in [-0.1, -0.05) is 6.92 Å². The standard InChI is InChI=1S/C16H23NO6S/c1-6-22-14(18)13(15(19)23-16(3,4)5)12-9-8-11(10-17-12)24(20,21)7-2/h8-10,13H,6-7H2,1-5H3. The normalized spacial score (nSPS) is 13.2. The van der Waals surface area contributed by atoms with Crippen LogP contribution in [0.25, 0.3) is 0 Å². The van der Waals surface area contributed by atoms with Crippen molar-refractivity contribution in [1.29, 1.82) is 0 Å². The Labute approximate surface area is 142 Å². The molecule has 0 bridgehead atoms. The fourth-order valence-corrected chi connectivity index (χ4v) is 2.66. The first-order valence-electron chi connectivity index (χ1n) is 7.60. The number of sulfone groups is 1. The summed E-state index contributed by atoms with van der Waals surface area (Å²) >= 11 is 0. The largest absolute Gasteiger partial charge is 0.465 e. The minimum Gasteiger partial charge on any atom is -0.465 e. The zero-order chi connectivity index (χ0) is 18.5. The molecule has 0 aliphatic heterocycles. The van der Waals surface area contributed by atoms with Crippen LogP contribution in [0.15, 0.2) is 23.2 Å². The second-order valence-corrected chi connectivity index (χ2v) is 8.32. The van der Waals surface area contributed by atoms with E-state index in [-0.39, 0.29) is 22.9 Å². The molecule has 0 radical (unpaired) electrons. The van der Waals surface area contributed by atoms with Gasteiger partial charge in [-0.05, 0) is 39.8 Å². The highest BCUT2D eigenvalue weighted by molar-refractivity contribution is 7.91. The molecule has 134 valence electrons. The van der Waals surface area contributed by atoms with Crippen LogP contribution in [0.5, 0.6) is 0 Å². The maximum atomic E-state index is 12.3. The molecule has 0 saturated heterocycles. The second kappa shape index (κ2) is 7.74. The van der Waals surface area contributed by atoms with Gasteiger partial charge in [0, 0.05) is 6.20 Å². The monoisotopic (exact) mass is 357 g/mol. The van der Waals surface area contributed by atoms with Crippen molar-refractivity contribution in [2.24, 2.45) is 0 Å². The molecule has 7 nitrogen and oxygen atoms in total. The Bertz CT molecular complexity index is 688. The summed E-state index contributed by atoms with van der Waals surface area (Å²) in [6.45, 7) is 8.27. The van der Waals surface area contributed by atoms with E-state index in [4.69, 9.17) is 9.47 Å². The average Bonchev–Trinajstić information content (AvgIpc) is 2.46. The minimum absolute atomic E-state index is 0.0283. The number of rotatable bonds is 6. The summed E-state index contributed by atoms with van der Waals surface area (Å²) in [5.41, 5.74) is -0.703. The van der Waals surface area contributed by atoms with Crippen molar-refractivity contribution in [3.63, 3.8) is 0 Å². The maximum Gasteiger partial charge on any atom is 0.327 e. The van der Waals surface area contributed by atoms with Crippen LogP contribution >= 0.6 is 0 Å². The van der Waals surface area contributed by atoms with E-state index in [2.05, 4.69) is 4.98 Å². The quantitative estimate of drug-likeness (QED) is 0.566. The van der Waals surface area contributed by atoms with Crippen molar-refractivity contribution in [3.8, 4) is 0 Å². The van der Waals surface area contributed by atoms with Gasteiger partial charge in [0.15, 0.2) is 15.8 Å². The minimum atomic E-state index is -3.42. The summed E-state index contributed by atoms with van der Waals surface area (Å²) in [6, 6.07) is 2.64. The molecule has 8 heteroatoms. The molecule has 0 N–H and O–H groups in total. The molecule has 0 fully saturated rings. The first-order chi connectivity index (χ1) is 11.0. The molecule has 0 amide bonds. The van der Waals surface area contributed by atoms with Crippen LogP contribution in [0.2, 0.25) is 0 Å². The van der Waals surface area contributed by atoms with Crippen LogP contribution < -0.4 is 0 Å². The zero-order valence-electron chi connectivity index (χ0n) is 14.5. The third-order valence-corrected chi connectivity index (χ3v) is 4.68. The number of hydrogen-bond acceptors (Lipinski definition) is 7. The van der Waals surface area contributed by atoms with E-state index in [1.54, 1.807) is 27.7 Å². The second-order valence-electron chi connectivity index (χ2n) is 6.04. The molecule has 24 heavy (non-hydrogen) atoms. The smallest absolute Gasteiger partial charge is 0.327 e. The van der Waals surface area contributed by atoms with Gasteiger partial charge in [-0.2, -0.15) is 0 Å². The van der Waals surface area contributed by atoms with Gasteiger partial charge < -0.3 is 9.47 Å². The summed E-state index contributed by atoms with van der Waals surface area (Å²) in [6.07, 6.45) is 1.13. The maximum absolute atomic E-state index is 12.3. The lowest BCUT2D eigenvalue weighted by Gasteiger charge is -2.23. The van der Waals surface area contributed by atoms with Crippen LogP contribution in [0.1, 0.15) is 46.2 Å². The Morgan fingerprint density at radius 2 is 1.79 bits per heavy atom. The Morgan fingerprint density at radius 3 is 2.21 bits per heavy atom. The van der Waals surface area contributed by atoms with E-state index in [9.17, 15) is 18.0 Å². The summed E-state index contributed by atoms with van der Waals surface area (Å²) < 4.78 is 33.8. The lowest BCUT2D eigenvalue weighted by atomic mass is 10.0. The fourth-order valence-electron chi connectivity index (χ4n) is 1.84. The first kappa shape index (κ1) is 20.1. The summed E-state index contributed by atoms with van der Waals surface area (Å²) in [7, 11) is -3.42. The Hall–Kier alpha value is -1.96. The number of carbonyl (C=O) groups is 2. The van der Waals surface area contributed by atoms with Crippen molar-refractivity contribution in [2.45, 2.75) is 51.0 Å². The summed E-state index contributed by atoms with van der Waals surface area (Å²) in [5, 5.41) is 0. The Morgan fingerprint density at radius 1 is 1.17 bits per heavy atom. The van der Waals surface area contributed by atoms with Crippen molar-refractivity contribution in [1.82, 2.24) is 4.98 Å². The van der Waals surface area contributed by atoms with Crippen molar-refractivity contribution in [2.75, 3.05) is 12.4 Å². The Balaban J connectivity index is 3.20. The lowest BCUT2D eigenvalue weighted by molar-refractivity contribution is -0.164. The molecular formula is C16H23NO6S. The molecule has 0 aliphatic carbocycles. The molecule has 1 aromatic heterocycles. The average molecular weight is 357 g/mol. The SMILES string of the molecule is CCOC(=O)C(C(=O)OC(C)(C)C)c1ccc(S(=O)(=O)CC)cn1. The highest BCUT2D eigenvalue weighted by Gasteiger charge is 2.35. The van der Waals surface area contributed by atoms with E-state index >= 15 is 0 Å². The molecule has 0 aromatic carbocycles. The van der Waals surface area contributed by atoms with Crippen molar-refractivity contribution >= 4 is 21.8 Å². The lowest BCUT2D eigenvalue weighted by Crippen LogP contribution is -2.33. The number of carbonyl (C=O) groups excluding carboxylic acids is 2. The third-order valence-electron chi connectivity index (χ3n) is 2.96. The van der Waals surface area contributed by atoms with Crippen LogP contribution in [0.3, 0.4) is 0 Å². The highest BCUT2D eigenvalue weighted by Crippen LogP contribution is 2.22. The fraction of sp³-hybridized carbons (Fsp3) is 0.562. The van der Waals surface area contributed by atoms with Gasteiger partial charge in [0.05, 0.1) is 22.9 Å². The molecule has 0 spiro atoms. The first-order valence-corrected chi connectivity index (χ1v) is 9.25. The van der Waals surface area contributed by atoms with E-state index < -0.39 is 33.3 Å². The van der Waals surface area contributed by atoms with Crippen LogP contribution in [-0.4, -0.2) is 43.3 Å². The predicted molar refractivity (Wildman–Crippen MR) is 87.2 cm³/mol. The number of pyridine rings is 1. The summed E-state index contributed by atoms with van der Waals surface area (Å²) in [4.78, 5) is 28.5. The number of esters is 2. The van der Waals surface area contributed by atoms with Gasteiger partial charge in [0.1, 0.15) is 5.60 Å². The van der Waals surface area contributed by atoms with E-state index in [0.29, 0.717) is 0 Å². The van der Waals surface area contributed by atoms with E-state index in [0.717, 1.165) is 6.20 Å². The molecule has 1 rings (SSSR count). The van der Waals surface area contributed by atoms with Gasteiger partial charge in [-0.3, -0.25) is 14.6 Å². The molecule has 1 heterocycles. The molecule has 1 aromatic rings. The molecular weight excluding hydrogens is 334 g/mol. The molecule has 1 atom stereocenters. The topological polar surface area (TPSA) is 99.6 Å². The third kappa shape index (κ3) is 5.30. The van der Waals surface area contributed by atoms with Crippen molar-refractivity contribution in [3.05, 3.63) is 24.0 Å². The zero-order valence-corrected chi connectivity index (χ0v) is 15.3. The van der Waals surface area contributed by atoms with Gasteiger partial charge in [-0.25, -0.2) is 8.42 Å². The predicted octanol–water partition coefficient (Wildman–Crippen LogP) is 1.86. The van der Waals surface area contributed by atoms with Gasteiger partial charge in [0.25, 0.3) is 0 Å². The highest BCUT2D eigenvalue weighted by atomic mass is 32.2. The van der Waals surface area contributed by atoms with E-state index in [1.165, 1.54) is 19.1 Å². The van der Waals surface area contributed by atoms with Gasteiger partial charge >= 0.3 is 11.9 Å². The van der Waals surface area contributed by atoms with E-state index in [1.807, 2.05) is 0 Å².